The summed E-state index contributed by atoms with van der Waals surface area (Å²) in [4.78, 5) is 12.5. The normalized spacial score (nSPS) is 12.3. The largest absolute Gasteiger partial charge is 0.480 e. The molecule has 1 rings (SSSR count). The molecule has 0 saturated carbocycles. The van der Waals surface area contributed by atoms with Gasteiger partial charge in [-0.3, -0.25) is 0 Å². The molecule has 20 heavy (non-hydrogen) atoms. The maximum atomic E-state index is 13.1. The highest BCUT2D eigenvalue weighted by Gasteiger charge is 2.40. The molecule has 0 spiro atoms. The van der Waals surface area contributed by atoms with Crippen LogP contribution in [0.5, 0.6) is 0 Å². The lowest BCUT2D eigenvalue weighted by Gasteiger charge is -2.37. The first-order valence-electron chi connectivity index (χ1n) is 5.89. The van der Waals surface area contributed by atoms with E-state index in [4.69, 9.17) is 0 Å². The predicted octanol–water partition coefficient (Wildman–Crippen LogP) is 4.16. The number of nitrogens with zero attached hydrogens (tertiary/aromatic N) is 1. The number of aliphatic carboxylic acids is 1. The van der Waals surface area contributed by atoms with E-state index in [0.29, 0.717) is 0 Å². The number of carboxylic acids is 1. The summed E-state index contributed by atoms with van der Waals surface area (Å²) in [5.74, 6) is -1.18. The third kappa shape index (κ3) is 3.26. The van der Waals surface area contributed by atoms with Gasteiger partial charge in [-0.1, -0.05) is 15.9 Å². The first-order valence-corrected chi connectivity index (χ1v) is 6.69. The van der Waals surface area contributed by atoms with E-state index >= 15 is 0 Å². The molecule has 0 aliphatic carbocycles. The van der Waals surface area contributed by atoms with Crippen LogP contribution < -0.4 is 4.90 Å². The molecule has 112 valence electrons. The Hall–Kier alpha value is -1.24. The van der Waals surface area contributed by atoms with Crippen molar-refractivity contribution in [1.29, 1.82) is 0 Å². The van der Waals surface area contributed by atoms with E-state index in [1.165, 1.54) is 30.9 Å². The lowest BCUT2D eigenvalue weighted by atomic mass is 10.00. The number of hydrogen-bond acceptors (Lipinski definition) is 2. The second kappa shape index (κ2) is 5.63. The lowest BCUT2D eigenvalue weighted by Crippen LogP contribution is -2.51. The van der Waals surface area contributed by atoms with Gasteiger partial charge in [-0.15, -0.1) is 0 Å². The maximum Gasteiger partial charge on any atom is 0.418 e. The van der Waals surface area contributed by atoms with Gasteiger partial charge in [0.05, 0.1) is 5.56 Å². The Bertz CT molecular complexity index is 515. The average molecular weight is 354 g/mol. The minimum absolute atomic E-state index is 0.143. The lowest BCUT2D eigenvalue weighted by molar-refractivity contribution is -0.143. The molecule has 3 nitrogen and oxygen atoms in total. The Kier molecular flexibility index (Phi) is 4.74. The second-order valence-electron chi connectivity index (χ2n) is 4.77. The average Bonchev–Trinajstić information content (AvgIpc) is 2.30. The standard InChI is InChI=1S/C13H15BrF3NO2/c1-4-18(12(2,3)11(19)20)10-6-5-8(14)7-9(10)13(15,16)17/h5-7H,4H2,1-3H3,(H,19,20). The summed E-state index contributed by atoms with van der Waals surface area (Å²) in [5, 5.41) is 9.22. The number of rotatable bonds is 4. The highest BCUT2D eigenvalue weighted by molar-refractivity contribution is 9.10. The summed E-state index contributed by atoms with van der Waals surface area (Å²) in [6, 6.07) is 3.70. The zero-order valence-corrected chi connectivity index (χ0v) is 12.8. The summed E-state index contributed by atoms with van der Waals surface area (Å²) in [5.41, 5.74) is -2.44. The van der Waals surface area contributed by atoms with E-state index in [9.17, 15) is 23.1 Å². The third-order valence-electron chi connectivity index (χ3n) is 3.07. The number of alkyl halides is 3. The molecule has 0 fully saturated rings. The van der Waals surface area contributed by atoms with Gasteiger partial charge in [0.2, 0.25) is 0 Å². The number of benzene rings is 1. The van der Waals surface area contributed by atoms with Crippen LogP contribution in [0, 0.1) is 0 Å². The first-order chi connectivity index (χ1) is 9.01. The fraction of sp³-hybridized carbons (Fsp3) is 0.462. The van der Waals surface area contributed by atoms with Crippen molar-refractivity contribution in [3.63, 3.8) is 0 Å². The van der Waals surface area contributed by atoms with Crippen molar-refractivity contribution in [2.24, 2.45) is 0 Å². The van der Waals surface area contributed by atoms with E-state index in [1.54, 1.807) is 6.92 Å². The minimum atomic E-state index is -4.55. The van der Waals surface area contributed by atoms with E-state index in [2.05, 4.69) is 15.9 Å². The molecule has 0 amide bonds. The summed E-state index contributed by atoms with van der Waals surface area (Å²) in [7, 11) is 0. The third-order valence-corrected chi connectivity index (χ3v) is 3.56. The fourth-order valence-electron chi connectivity index (χ4n) is 1.95. The molecule has 0 aromatic heterocycles. The number of carboxylic acid groups (broad SMARTS) is 1. The molecule has 0 heterocycles. The number of halogens is 4. The number of hydrogen-bond donors (Lipinski definition) is 1. The zero-order chi connectivity index (χ0) is 15.7. The maximum absolute atomic E-state index is 13.1. The topological polar surface area (TPSA) is 40.5 Å². The molecule has 1 aromatic carbocycles. The Morgan fingerprint density at radius 3 is 2.30 bits per heavy atom. The van der Waals surface area contributed by atoms with E-state index < -0.39 is 23.2 Å². The molecule has 0 unspecified atom stereocenters. The molecule has 0 aliphatic rings. The molecule has 0 radical (unpaired) electrons. The molecule has 0 saturated heterocycles. The van der Waals surface area contributed by atoms with Gasteiger partial charge in [0.15, 0.2) is 0 Å². The molecular weight excluding hydrogens is 339 g/mol. The number of anilines is 1. The van der Waals surface area contributed by atoms with Crippen molar-refractivity contribution in [3.8, 4) is 0 Å². The summed E-state index contributed by atoms with van der Waals surface area (Å²) >= 11 is 3.00. The quantitative estimate of drug-likeness (QED) is 0.883. The SMILES string of the molecule is CCN(c1ccc(Br)cc1C(F)(F)F)C(C)(C)C(=O)O. The predicted molar refractivity (Wildman–Crippen MR) is 73.9 cm³/mol. The van der Waals surface area contributed by atoms with Crippen LogP contribution in [0.4, 0.5) is 18.9 Å². The monoisotopic (exact) mass is 353 g/mol. The number of carbonyl (C=O) groups is 1. The highest BCUT2D eigenvalue weighted by Crippen LogP contribution is 2.40. The summed E-state index contributed by atoms with van der Waals surface area (Å²) in [6.45, 7) is 4.51. The van der Waals surface area contributed by atoms with E-state index in [0.717, 1.165) is 6.07 Å². The minimum Gasteiger partial charge on any atom is -0.480 e. The zero-order valence-electron chi connectivity index (χ0n) is 11.3. The molecule has 1 aromatic rings. The summed E-state index contributed by atoms with van der Waals surface area (Å²) < 4.78 is 39.6. The van der Waals surface area contributed by atoms with Crippen LogP contribution in [0.15, 0.2) is 22.7 Å². The van der Waals surface area contributed by atoms with E-state index in [1.807, 2.05) is 0 Å². The molecule has 1 N–H and O–H groups in total. The van der Waals surface area contributed by atoms with Crippen molar-refractivity contribution in [2.45, 2.75) is 32.5 Å². The van der Waals surface area contributed by atoms with Gasteiger partial charge in [-0.2, -0.15) is 13.2 Å². The van der Waals surface area contributed by atoms with Crippen LogP contribution in [0.2, 0.25) is 0 Å². The van der Waals surface area contributed by atoms with Gasteiger partial charge in [0.1, 0.15) is 5.54 Å². The van der Waals surface area contributed by atoms with Crippen LogP contribution in [0.1, 0.15) is 26.3 Å². The Labute approximate surface area is 123 Å². The molecule has 0 bridgehead atoms. The Morgan fingerprint density at radius 2 is 1.90 bits per heavy atom. The van der Waals surface area contributed by atoms with Crippen LogP contribution in [-0.4, -0.2) is 23.2 Å². The van der Waals surface area contributed by atoms with Crippen LogP contribution in [0.3, 0.4) is 0 Å². The molecule has 7 heteroatoms. The fourth-order valence-corrected chi connectivity index (χ4v) is 2.31. The van der Waals surface area contributed by atoms with Crippen LogP contribution in [0.25, 0.3) is 0 Å². The van der Waals surface area contributed by atoms with Gasteiger partial charge in [-0.25, -0.2) is 4.79 Å². The van der Waals surface area contributed by atoms with Gasteiger partial charge in [0.25, 0.3) is 0 Å². The molecule has 0 atom stereocenters. The highest BCUT2D eigenvalue weighted by atomic mass is 79.9. The smallest absolute Gasteiger partial charge is 0.418 e. The Morgan fingerprint density at radius 1 is 1.35 bits per heavy atom. The van der Waals surface area contributed by atoms with Gasteiger partial charge >= 0.3 is 12.1 Å². The number of likely N-dealkylation sites (N-methyl/N-ethyl adjacent to an activating group) is 1. The van der Waals surface area contributed by atoms with Crippen LogP contribution in [-0.2, 0) is 11.0 Å². The van der Waals surface area contributed by atoms with Crippen molar-refractivity contribution in [2.75, 3.05) is 11.4 Å². The first kappa shape index (κ1) is 16.8. The van der Waals surface area contributed by atoms with Gasteiger partial charge in [-0.05, 0) is 39.0 Å². The molecular formula is C13H15BrF3NO2. The molecule has 0 aliphatic heterocycles. The van der Waals surface area contributed by atoms with Crippen molar-refractivity contribution < 1.29 is 23.1 Å². The van der Waals surface area contributed by atoms with Crippen molar-refractivity contribution in [3.05, 3.63) is 28.2 Å². The second-order valence-corrected chi connectivity index (χ2v) is 5.68. The Balaban J connectivity index is 3.48. The van der Waals surface area contributed by atoms with E-state index in [-0.39, 0.29) is 16.7 Å². The van der Waals surface area contributed by atoms with Crippen molar-refractivity contribution >= 4 is 27.6 Å². The van der Waals surface area contributed by atoms with Gasteiger partial charge in [0, 0.05) is 16.7 Å². The van der Waals surface area contributed by atoms with Gasteiger partial charge < -0.3 is 10.0 Å². The van der Waals surface area contributed by atoms with Crippen LogP contribution >= 0.6 is 15.9 Å². The summed E-state index contributed by atoms with van der Waals surface area (Å²) in [6.07, 6.45) is -4.55. The van der Waals surface area contributed by atoms with Crippen molar-refractivity contribution in [1.82, 2.24) is 0 Å².